The van der Waals surface area contributed by atoms with Crippen molar-refractivity contribution in [2.45, 2.75) is 32.7 Å². The molecule has 0 unspecified atom stereocenters. The summed E-state index contributed by atoms with van der Waals surface area (Å²) in [4.78, 5) is 24.5. The summed E-state index contributed by atoms with van der Waals surface area (Å²) in [6.45, 7) is 3.93. The summed E-state index contributed by atoms with van der Waals surface area (Å²) < 4.78 is 1.38. The van der Waals surface area contributed by atoms with Crippen molar-refractivity contribution in [3.05, 3.63) is 65.9 Å². The number of benzene rings is 2. The van der Waals surface area contributed by atoms with E-state index < -0.39 is 0 Å². The van der Waals surface area contributed by atoms with Crippen LogP contribution in [0.5, 0.6) is 0 Å². The van der Waals surface area contributed by atoms with Crippen molar-refractivity contribution in [2.24, 2.45) is 0 Å². The van der Waals surface area contributed by atoms with Gasteiger partial charge in [-0.2, -0.15) is 5.10 Å². The van der Waals surface area contributed by atoms with E-state index in [0.717, 1.165) is 22.0 Å². The number of rotatable bonds is 5. The first kappa shape index (κ1) is 16.9. The van der Waals surface area contributed by atoms with Gasteiger partial charge in [0.2, 0.25) is 11.8 Å². The minimum atomic E-state index is -0.179. The summed E-state index contributed by atoms with van der Waals surface area (Å²) in [5.74, 6) is -0.321. The van der Waals surface area contributed by atoms with Gasteiger partial charge in [-0.3, -0.25) is 9.59 Å². The maximum absolute atomic E-state index is 12.4. The minimum absolute atomic E-state index is 0.0858. The molecule has 3 aromatic rings. The second-order valence-corrected chi connectivity index (χ2v) is 6.21. The number of aryl methyl sites for hydroxylation is 1. The highest BCUT2D eigenvalue weighted by atomic mass is 16.2. The van der Waals surface area contributed by atoms with Crippen LogP contribution in [-0.2, 0) is 4.79 Å². The van der Waals surface area contributed by atoms with Gasteiger partial charge in [-0.15, -0.1) is 0 Å². The lowest BCUT2D eigenvalue weighted by Crippen LogP contribution is -2.27. The summed E-state index contributed by atoms with van der Waals surface area (Å²) in [6, 6.07) is 15.5. The third-order valence-corrected chi connectivity index (χ3v) is 4.20. The molecule has 1 atom stereocenters. The van der Waals surface area contributed by atoms with Crippen molar-refractivity contribution in [2.75, 3.05) is 0 Å². The molecule has 128 valence electrons. The molecule has 2 aromatic carbocycles. The second-order valence-electron chi connectivity index (χ2n) is 6.21. The Kier molecular flexibility index (Phi) is 4.93. The lowest BCUT2D eigenvalue weighted by molar-refractivity contribution is -0.121. The van der Waals surface area contributed by atoms with Gasteiger partial charge in [0.15, 0.2) is 0 Å². The molecule has 0 spiro atoms. The van der Waals surface area contributed by atoms with Crippen molar-refractivity contribution < 1.29 is 9.59 Å². The van der Waals surface area contributed by atoms with E-state index in [4.69, 9.17) is 0 Å². The van der Waals surface area contributed by atoms with Gasteiger partial charge in [-0.25, -0.2) is 4.68 Å². The van der Waals surface area contributed by atoms with Gasteiger partial charge in [-0.1, -0.05) is 42.0 Å². The van der Waals surface area contributed by atoms with Gasteiger partial charge in [-0.05, 0) is 31.5 Å². The van der Waals surface area contributed by atoms with E-state index in [2.05, 4.69) is 10.4 Å². The van der Waals surface area contributed by atoms with E-state index in [1.165, 1.54) is 4.68 Å². The Hall–Kier alpha value is -2.95. The number of carbonyl (C=O) groups is 2. The van der Waals surface area contributed by atoms with Crippen molar-refractivity contribution in [3.8, 4) is 0 Å². The highest BCUT2D eigenvalue weighted by Crippen LogP contribution is 2.16. The average Bonchev–Trinajstić information content (AvgIpc) is 3.03. The fourth-order valence-corrected chi connectivity index (χ4v) is 2.82. The van der Waals surface area contributed by atoms with Crippen LogP contribution in [0.25, 0.3) is 10.9 Å². The molecule has 0 aliphatic heterocycles. The molecule has 1 N–H and O–H groups in total. The Labute approximate surface area is 146 Å². The molecule has 0 radical (unpaired) electrons. The molecule has 0 saturated heterocycles. The summed E-state index contributed by atoms with van der Waals surface area (Å²) in [7, 11) is 0. The predicted octanol–water partition coefficient (Wildman–Crippen LogP) is 3.64. The lowest BCUT2D eigenvalue weighted by Gasteiger charge is -2.14. The van der Waals surface area contributed by atoms with Crippen molar-refractivity contribution >= 4 is 22.7 Å². The largest absolute Gasteiger partial charge is 0.350 e. The lowest BCUT2D eigenvalue weighted by atomic mass is 10.1. The van der Waals surface area contributed by atoms with E-state index in [9.17, 15) is 9.59 Å². The van der Waals surface area contributed by atoms with E-state index >= 15 is 0 Å². The first-order chi connectivity index (χ1) is 12.0. The fourth-order valence-electron chi connectivity index (χ4n) is 2.82. The van der Waals surface area contributed by atoms with Crippen molar-refractivity contribution in [3.63, 3.8) is 0 Å². The van der Waals surface area contributed by atoms with Crippen LogP contribution in [0.3, 0.4) is 0 Å². The molecule has 0 fully saturated rings. The molecule has 1 aromatic heterocycles. The molecule has 0 aliphatic rings. The number of hydrogen-bond acceptors (Lipinski definition) is 3. The quantitative estimate of drug-likeness (QED) is 0.774. The number of nitrogens with one attached hydrogen (secondary N) is 1. The van der Waals surface area contributed by atoms with Crippen LogP contribution in [0.1, 0.15) is 41.7 Å². The molecule has 1 heterocycles. The van der Waals surface area contributed by atoms with Crippen LogP contribution in [0.2, 0.25) is 0 Å². The molecule has 0 aliphatic carbocycles. The summed E-state index contributed by atoms with van der Waals surface area (Å²) in [5, 5.41) is 8.01. The second kappa shape index (κ2) is 7.30. The highest BCUT2D eigenvalue weighted by molar-refractivity contribution is 5.92. The van der Waals surface area contributed by atoms with Crippen LogP contribution in [0, 0.1) is 6.92 Å². The standard InChI is InChI=1S/C20H21N3O2/c1-14-8-9-18-17(12-14)13-21-23(18)20(25)11-10-19(24)22-15(2)16-6-4-3-5-7-16/h3-9,12-13,15H,10-11H2,1-2H3,(H,22,24)/t15-/m0/s1. The van der Waals surface area contributed by atoms with Crippen LogP contribution in [-0.4, -0.2) is 21.6 Å². The molecule has 5 heteroatoms. The molecule has 0 bridgehead atoms. The first-order valence-corrected chi connectivity index (χ1v) is 8.36. The van der Waals surface area contributed by atoms with Gasteiger partial charge < -0.3 is 5.32 Å². The number of hydrogen-bond donors (Lipinski definition) is 1. The Morgan fingerprint density at radius 1 is 1.12 bits per heavy atom. The van der Waals surface area contributed by atoms with E-state index in [-0.39, 0.29) is 30.7 Å². The van der Waals surface area contributed by atoms with Gasteiger partial charge in [0.25, 0.3) is 0 Å². The fraction of sp³-hybridized carbons (Fsp3) is 0.250. The van der Waals surface area contributed by atoms with Crippen LogP contribution >= 0.6 is 0 Å². The van der Waals surface area contributed by atoms with Crippen molar-refractivity contribution in [1.82, 2.24) is 15.1 Å². The zero-order valence-electron chi connectivity index (χ0n) is 14.4. The molecular formula is C20H21N3O2. The Bertz CT molecular complexity index is 900. The summed E-state index contributed by atoms with van der Waals surface area (Å²) in [6.07, 6.45) is 1.94. The number of amides is 1. The van der Waals surface area contributed by atoms with Gasteiger partial charge in [0.1, 0.15) is 0 Å². The van der Waals surface area contributed by atoms with E-state index in [1.807, 2.05) is 62.4 Å². The van der Waals surface area contributed by atoms with Gasteiger partial charge >= 0.3 is 0 Å². The number of nitrogens with zero attached hydrogens (tertiary/aromatic N) is 2. The van der Waals surface area contributed by atoms with Crippen LogP contribution in [0.15, 0.2) is 54.7 Å². The molecule has 5 nitrogen and oxygen atoms in total. The Morgan fingerprint density at radius 3 is 2.64 bits per heavy atom. The maximum atomic E-state index is 12.4. The zero-order valence-corrected chi connectivity index (χ0v) is 14.4. The molecule has 3 rings (SSSR count). The smallest absolute Gasteiger partial charge is 0.247 e. The van der Waals surface area contributed by atoms with Crippen molar-refractivity contribution in [1.29, 1.82) is 0 Å². The van der Waals surface area contributed by atoms with Crippen LogP contribution in [0.4, 0.5) is 0 Å². The predicted molar refractivity (Wildman–Crippen MR) is 97.3 cm³/mol. The first-order valence-electron chi connectivity index (χ1n) is 8.36. The Morgan fingerprint density at radius 2 is 1.88 bits per heavy atom. The summed E-state index contributed by atoms with van der Waals surface area (Å²) >= 11 is 0. The average molecular weight is 335 g/mol. The normalized spacial score (nSPS) is 12.1. The molecule has 1 amide bonds. The SMILES string of the molecule is Cc1ccc2c(cnn2C(=O)CCC(=O)N[C@@H](C)c2ccccc2)c1. The van der Waals surface area contributed by atoms with Crippen LogP contribution < -0.4 is 5.32 Å². The molecule has 25 heavy (non-hydrogen) atoms. The zero-order chi connectivity index (χ0) is 17.8. The highest BCUT2D eigenvalue weighted by Gasteiger charge is 2.14. The third kappa shape index (κ3) is 3.94. The third-order valence-electron chi connectivity index (χ3n) is 4.20. The monoisotopic (exact) mass is 335 g/mol. The van der Waals surface area contributed by atoms with E-state index in [0.29, 0.717) is 0 Å². The minimum Gasteiger partial charge on any atom is -0.350 e. The van der Waals surface area contributed by atoms with Gasteiger partial charge in [0.05, 0.1) is 17.8 Å². The number of carbonyl (C=O) groups excluding carboxylic acids is 2. The summed E-state index contributed by atoms with van der Waals surface area (Å²) in [5.41, 5.74) is 2.93. The number of aromatic nitrogens is 2. The number of fused-ring (bicyclic) bond motifs is 1. The topological polar surface area (TPSA) is 64.0 Å². The Balaban J connectivity index is 1.59. The van der Waals surface area contributed by atoms with Gasteiger partial charge in [0, 0.05) is 18.2 Å². The van der Waals surface area contributed by atoms with E-state index in [1.54, 1.807) is 6.20 Å². The maximum Gasteiger partial charge on any atom is 0.247 e. The molecular weight excluding hydrogens is 314 g/mol. The molecule has 0 saturated carbocycles.